The summed E-state index contributed by atoms with van der Waals surface area (Å²) in [5, 5.41) is 0. The lowest BCUT2D eigenvalue weighted by atomic mass is 10.2. The van der Waals surface area contributed by atoms with Gasteiger partial charge in [0.1, 0.15) is 25.9 Å². The number of hydrogen-bond donors (Lipinski definition) is 2. The van der Waals surface area contributed by atoms with Crippen molar-refractivity contribution in [1.29, 1.82) is 0 Å². The van der Waals surface area contributed by atoms with E-state index in [0.717, 1.165) is 0 Å². The average molecular weight is 402 g/mol. The lowest BCUT2D eigenvalue weighted by Gasteiger charge is -2.25. The average Bonchev–Trinajstić information content (AvgIpc) is 2.57. The van der Waals surface area contributed by atoms with Gasteiger partial charge in [-0.3, -0.25) is 4.79 Å². The Balaban J connectivity index is 2.69. The van der Waals surface area contributed by atoms with Crippen LogP contribution in [0, 0.1) is 0 Å². The van der Waals surface area contributed by atoms with Gasteiger partial charge in [-0.15, -0.1) is 0 Å². The molecule has 9 nitrogen and oxygen atoms in total. The van der Waals surface area contributed by atoms with Crippen molar-refractivity contribution in [3.8, 4) is 5.88 Å². The summed E-state index contributed by atoms with van der Waals surface area (Å²) in [6.07, 6.45) is 0.0709. The van der Waals surface area contributed by atoms with E-state index in [9.17, 15) is 9.36 Å². The van der Waals surface area contributed by atoms with Crippen LogP contribution in [-0.4, -0.2) is 53.4 Å². The monoisotopic (exact) mass is 402 g/mol. The zero-order valence-electron chi connectivity index (χ0n) is 16.7. The summed E-state index contributed by atoms with van der Waals surface area (Å²) in [4.78, 5) is 19.6. The van der Waals surface area contributed by atoms with Crippen molar-refractivity contribution in [1.82, 2.24) is 9.97 Å². The number of aromatic nitrogens is 2. The van der Waals surface area contributed by atoms with Crippen LogP contribution in [0.25, 0.3) is 0 Å². The standard InChI is InChI=1S/C17H31N4O5P/c1-6-25-14(22)9-13-15(18)20-17(19)21-16(13)26-8-7-24-10-27(23,11(2)3)12(4)5/h11-12H,6-10H2,1-5H3,(H4,18,19,20,21). The molecule has 0 unspecified atom stereocenters. The van der Waals surface area contributed by atoms with Gasteiger partial charge in [0, 0.05) is 11.3 Å². The summed E-state index contributed by atoms with van der Waals surface area (Å²) < 4.78 is 29.0. The third-order valence-electron chi connectivity index (χ3n) is 4.15. The molecule has 1 aromatic heterocycles. The number of ether oxygens (including phenoxy) is 3. The maximum absolute atomic E-state index is 12.9. The summed E-state index contributed by atoms with van der Waals surface area (Å²) in [6.45, 7) is 10.1. The smallest absolute Gasteiger partial charge is 0.310 e. The SMILES string of the molecule is CCOC(=O)Cc1c(N)nc(N)nc1OCCOCP(=O)(C(C)C)C(C)C. The van der Waals surface area contributed by atoms with E-state index in [1.165, 1.54) is 0 Å². The van der Waals surface area contributed by atoms with Gasteiger partial charge in [-0.1, -0.05) is 27.7 Å². The third-order valence-corrected chi connectivity index (χ3v) is 8.24. The molecule has 0 atom stereocenters. The van der Waals surface area contributed by atoms with E-state index in [0.29, 0.717) is 5.56 Å². The number of anilines is 2. The Morgan fingerprint density at radius 3 is 2.30 bits per heavy atom. The van der Waals surface area contributed by atoms with Gasteiger partial charge in [-0.2, -0.15) is 9.97 Å². The Morgan fingerprint density at radius 1 is 1.11 bits per heavy atom. The summed E-state index contributed by atoms with van der Waals surface area (Å²) >= 11 is 0. The zero-order valence-corrected chi connectivity index (χ0v) is 17.6. The number of nitrogen functional groups attached to an aromatic ring is 2. The molecule has 0 aliphatic heterocycles. The molecule has 154 valence electrons. The number of nitrogens with zero attached hydrogens (tertiary/aromatic N) is 2. The van der Waals surface area contributed by atoms with E-state index in [1.54, 1.807) is 6.92 Å². The van der Waals surface area contributed by atoms with Crippen LogP contribution in [0.4, 0.5) is 11.8 Å². The molecule has 1 heterocycles. The number of esters is 1. The van der Waals surface area contributed by atoms with Crippen LogP contribution in [0.5, 0.6) is 5.88 Å². The summed E-state index contributed by atoms with van der Waals surface area (Å²) in [7, 11) is -2.43. The molecule has 0 bridgehead atoms. The highest BCUT2D eigenvalue weighted by molar-refractivity contribution is 7.65. The van der Waals surface area contributed by atoms with Gasteiger partial charge >= 0.3 is 5.97 Å². The summed E-state index contributed by atoms with van der Waals surface area (Å²) in [5.74, 6) is -0.336. The van der Waals surface area contributed by atoms with E-state index in [4.69, 9.17) is 25.7 Å². The molecule has 0 aliphatic rings. The van der Waals surface area contributed by atoms with E-state index >= 15 is 0 Å². The molecule has 0 amide bonds. The van der Waals surface area contributed by atoms with E-state index in [-0.39, 0.29) is 61.6 Å². The lowest BCUT2D eigenvalue weighted by Crippen LogP contribution is -2.17. The number of carbonyl (C=O) groups excluding carboxylic acids is 1. The third kappa shape index (κ3) is 6.66. The van der Waals surface area contributed by atoms with Crippen LogP contribution >= 0.6 is 7.14 Å². The first-order chi connectivity index (χ1) is 12.6. The molecule has 0 aliphatic carbocycles. The van der Waals surface area contributed by atoms with Crippen molar-refractivity contribution < 1.29 is 23.6 Å². The molecule has 27 heavy (non-hydrogen) atoms. The predicted molar refractivity (Wildman–Crippen MR) is 105 cm³/mol. The molecular weight excluding hydrogens is 371 g/mol. The van der Waals surface area contributed by atoms with Crippen molar-refractivity contribution in [2.45, 2.75) is 52.4 Å². The van der Waals surface area contributed by atoms with Gasteiger partial charge in [-0.25, -0.2) is 0 Å². The van der Waals surface area contributed by atoms with Gasteiger partial charge in [0.2, 0.25) is 11.8 Å². The normalized spacial score (nSPS) is 11.8. The second kappa shape index (κ2) is 10.5. The number of hydrogen-bond acceptors (Lipinski definition) is 9. The highest BCUT2D eigenvalue weighted by Crippen LogP contribution is 2.54. The maximum atomic E-state index is 12.9. The van der Waals surface area contributed by atoms with Crippen molar-refractivity contribution >= 4 is 24.9 Å². The Hall–Kier alpha value is -1.86. The van der Waals surface area contributed by atoms with Gasteiger partial charge in [0.05, 0.1) is 25.2 Å². The molecule has 0 aromatic carbocycles. The molecule has 10 heteroatoms. The molecular formula is C17H31N4O5P. The van der Waals surface area contributed by atoms with Crippen molar-refractivity contribution in [3.63, 3.8) is 0 Å². The maximum Gasteiger partial charge on any atom is 0.310 e. The van der Waals surface area contributed by atoms with Crippen LogP contribution in [0.15, 0.2) is 0 Å². The highest BCUT2D eigenvalue weighted by atomic mass is 31.2. The van der Waals surface area contributed by atoms with Crippen LogP contribution in [-0.2, 0) is 25.3 Å². The molecule has 0 radical (unpaired) electrons. The molecule has 1 rings (SSSR count). The lowest BCUT2D eigenvalue weighted by molar-refractivity contribution is -0.142. The van der Waals surface area contributed by atoms with Crippen molar-refractivity contribution in [3.05, 3.63) is 5.56 Å². The number of carbonyl (C=O) groups is 1. The fourth-order valence-corrected chi connectivity index (χ4v) is 4.64. The Kier molecular flexibility index (Phi) is 8.99. The van der Waals surface area contributed by atoms with Gasteiger partial charge in [-0.05, 0) is 6.92 Å². The van der Waals surface area contributed by atoms with Crippen molar-refractivity contribution in [2.24, 2.45) is 0 Å². The van der Waals surface area contributed by atoms with Gasteiger partial charge in [0.15, 0.2) is 0 Å². The zero-order chi connectivity index (χ0) is 20.6. The minimum absolute atomic E-state index is 0.0519. The van der Waals surface area contributed by atoms with Gasteiger partial charge in [0.25, 0.3) is 0 Å². The summed E-state index contributed by atoms with van der Waals surface area (Å²) in [6, 6.07) is 0. The molecule has 4 N–H and O–H groups in total. The van der Waals surface area contributed by atoms with E-state index in [2.05, 4.69) is 9.97 Å². The second-order valence-corrected chi connectivity index (χ2v) is 10.7. The fourth-order valence-electron chi connectivity index (χ4n) is 2.44. The number of rotatable bonds is 11. The Labute approximate surface area is 160 Å². The van der Waals surface area contributed by atoms with Crippen LogP contribution in [0.2, 0.25) is 0 Å². The predicted octanol–water partition coefficient (Wildman–Crippen LogP) is 2.28. The molecule has 0 saturated heterocycles. The molecule has 0 spiro atoms. The van der Waals surface area contributed by atoms with Crippen molar-refractivity contribution in [2.75, 3.05) is 37.6 Å². The Bertz CT molecular complexity index is 670. The highest BCUT2D eigenvalue weighted by Gasteiger charge is 2.30. The van der Waals surface area contributed by atoms with Crippen LogP contribution in [0.3, 0.4) is 0 Å². The quantitative estimate of drug-likeness (QED) is 0.324. The first-order valence-corrected chi connectivity index (χ1v) is 11.0. The van der Waals surface area contributed by atoms with Gasteiger partial charge < -0.3 is 30.2 Å². The minimum Gasteiger partial charge on any atom is -0.475 e. The molecule has 0 saturated carbocycles. The first-order valence-electron chi connectivity index (χ1n) is 8.98. The molecule has 1 aromatic rings. The number of nitrogens with two attached hydrogens (primary N) is 2. The second-order valence-electron chi connectivity index (χ2n) is 6.66. The van der Waals surface area contributed by atoms with E-state index in [1.807, 2.05) is 27.7 Å². The summed E-state index contributed by atoms with van der Waals surface area (Å²) in [5.41, 5.74) is 11.9. The molecule has 0 fully saturated rings. The van der Waals surface area contributed by atoms with E-state index < -0.39 is 13.1 Å². The van der Waals surface area contributed by atoms with Crippen LogP contribution in [0.1, 0.15) is 40.2 Å². The largest absolute Gasteiger partial charge is 0.475 e. The fraction of sp³-hybridized carbons (Fsp3) is 0.706. The first kappa shape index (κ1) is 23.2. The minimum atomic E-state index is -2.43. The van der Waals surface area contributed by atoms with Crippen LogP contribution < -0.4 is 16.2 Å². The Morgan fingerprint density at radius 2 is 1.74 bits per heavy atom. The topological polar surface area (TPSA) is 140 Å².